The van der Waals surface area contributed by atoms with Crippen LogP contribution in [0.15, 0.2) is 52.4 Å². The Labute approximate surface area is 198 Å². The van der Waals surface area contributed by atoms with E-state index in [1.54, 1.807) is 30.2 Å². The molecule has 1 saturated carbocycles. The molecule has 1 aliphatic heterocycles. The number of rotatable bonds is 6. The molecule has 0 N–H and O–H groups in total. The lowest BCUT2D eigenvalue weighted by Crippen LogP contribution is -2.40. The van der Waals surface area contributed by atoms with Gasteiger partial charge < -0.3 is 9.47 Å². The fourth-order valence-corrected chi connectivity index (χ4v) is 5.20. The number of halogens is 1. The second-order valence-electron chi connectivity index (χ2n) is 8.50. The van der Waals surface area contributed by atoms with E-state index in [2.05, 4.69) is 4.99 Å². The zero-order chi connectivity index (χ0) is 23.4. The summed E-state index contributed by atoms with van der Waals surface area (Å²) in [7, 11) is 1.60. The molecule has 0 unspecified atom stereocenters. The average molecular weight is 469 g/mol. The second kappa shape index (κ2) is 10.4. The van der Waals surface area contributed by atoms with E-state index in [1.807, 2.05) is 38.1 Å². The molecule has 4 rings (SSSR count). The summed E-state index contributed by atoms with van der Waals surface area (Å²) in [5.74, 6) is 0.789. The molecule has 0 atom stereocenters. The van der Waals surface area contributed by atoms with Crippen molar-refractivity contribution in [1.82, 2.24) is 4.90 Å². The van der Waals surface area contributed by atoms with E-state index < -0.39 is 5.82 Å². The van der Waals surface area contributed by atoms with Crippen LogP contribution in [0.1, 0.15) is 51.5 Å². The van der Waals surface area contributed by atoms with Gasteiger partial charge in [0.05, 0.1) is 18.1 Å². The highest BCUT2D eigenvalue weighted by Crippen LogP contribution is 2.39. The number of thioether (sulfide) groups is 1. The number of hydrogen-bond acceptors (Lipinski definition) is 5. The van der Waals surface area contributed by atoms with Crippen molar-refractivity contribution in [3.63, 3.8) is 0 Å². The summed E-state index contributed by atoms with van der Waals surface area (Å²) in [6.45, 7) is 3.92. The van der Waals surface area contributed by atoms with Gasteiger partial charge in [0, 0.05) is 6.04 Å². The largest absolute Gasteiger partial charge is 0.493 e. The van der Waals surface area contributed by atoms with Crippen molar-refractivity contribution in [3.05, 3.63) is 58.8 Å². The predicted molar refractivity (Wildman–Crippen MR) is 132 cm³/mol. The van der Waals surface area contributed by atoms with Crippen LogP contribution in [0, 0.1) is 5.82 Å². The molecule has 2 aliphatic rings. The lowest BCUT2D eigenvalue weighted by molar-refractivity contribution is -0.124. The van der Waals surface area contributed by atoms with Crippen LogP contribution in [0.5, 0.6) is 11.5 Å². The number of carbonyl (C=O) groups is 1. The third kappa shape index (κ3) is 5.41. The molecular formula is C26H29FN2O3S. The maximum absolute atomic E-state index is 14.3. The number of aliphatic imine (C=N–C) groups is 1. The van der Waals surface area contributed by atoms with Gasteiger partial charge in [-0.2, -0.15) is 0 Å². The number of para-hydroxylation sites is 1. The van der Waals surface area contributed by atoms with Crippen LogP contribution in [-0.2, 0) is 4.79 Å². The Morgan fingerprint density at radius 2 is 1.88 bits per heavy atom. The van der Waals surface area contributed by atoms with E-state index in [4.69, 9.17) is 9.47 Å². The van der Waals surface area contributed by atoms with E-state index in [0.717, 1.165) is 31.2 Å². The fourth-order valence-electron chi connectivity index (χ4n) is 4.15. The SMILES string of the molecule is COc1cc(/C=C2\SC(=Nc3ccccc3F)N(C3CCCCC3)C2=O)ccc1OC(C)C. The molecule has 1 aliphatic carbocycles. The van der Waals surface area contributed by atoms with Gasteiger partial charge in [-0.25, -0.2) is 9.38 Å². The Balaban J connectivity index is 1.68. The Kier molecular flexibility index (Phi) is 7.38. The van der Waals surface area contributed by atoms with Crippen molar-refractivity contribution in [2.45, 2.75) is 58.1 Å². The zero-order valence-corrected chi connectivity index (χ0v) is 20.0. The molecule has 2 aromatic rings. The van der Waals surface area contributed by atoms with Crippen LogP contribution in [0.2, 0.25) is 0 Å². The Morgan fingerprint density at radius 3 is 2.58 bits per heavy atom. The van der Waals surface area contributed by atoms with Gasteiger partial charge in [0.25, 0.3) is 5.91 Å². The van der Waals surface area contributed by atoms with Gasteiger partial charge in [-0.05, 0) is 74.4 Å². The molecule has 0 radical (unpaired) electrons. The number of nitrogens with zero attached hydrogens (tertiary/aromatic N) is 2. The van der Waals surface area contributed by atoms with Crippen molar-refractivity contribution >= 4 is 34.6 Å². The minimum absolute atomic E-state index is 0.0243. The molecule has 5 nitrogen and oxygen atoms in total. The van der Waals surface area contributed by atoms with Crippen molar-refractivity contribution in [1.29, 1.82) is 0 Å². The topological polar surface area (TPSA) is 51.1 Å². The highest BCUT2D eigenvalue weighted by Gasteiger charge is 2.38. The van der Waals surface area contributed by atoms with Gasteiger partial charge in [0.15, 0.2) is 16.7 Å². The van der Waals surface area contributed by atoms with Crippen molar-refractivity contribution in [3.8, 4) is 11.5 Å². The van der Waals surface area contributed by atoms with E-state index in [-0.39, 0.29) is 23.7 Å². The number of ether oxygens (including phenoxy) is 2. The third-order valence-corrected chi connectivity index (χ3v) is 6.68. The molecule has 0 spiro atoms. The first-order valence-corrected chi connectivity index (χ1v) is 12.2. The molecule has 1 amide bonds. The van der Waals surface area contributed by atoms with Crippen LogP contribution in [0.25, 0.3) is 6.08 Å². The third-order valence-electron chi connectivity index (χ3n) is 5.69. The summed E-state index contributed by atoms with van der Waals surface area (Å²) in [5, 5.41) is 0.537. The number of carbonyl (C=O) groups excluding carboxylic acids is 1. The highest BCUT2D eigenvalue weighted by molar-refractivity contribution is 8.18. The predicted octanol–water partition coefficient (Wildman–Crippen LogP) is 6.56. The van der Waals surface area contributed by atoms with Gasteiger partial charge in [-0.1, -0.05) is 37.5 Å². The lowest BCUT2D eigenvalue weighted by atomic mass is 9.94. The van der Waals surface area contributed by atoms with E-state index >= 15 is 0 Å². The highest BCUT2D eigenvalue weighted by atomic mass is 32.2. The molecule has 0 bridgehead atoms. The zero-order valence-electron chi connectivity index (χ0n) is 19.2. The van der Waals surface area contributed by atoms with E-state index in [0.29, 0.717) is 21.6 Å². The summed E-state index contributed by atoms with van der Waals surface area (Å²) in [5.41, 5.74) is 1.07. The van der Waals surface area contributed by atoms with Crippen LogP contribution in [0.3, 0.4) is 0 Å². The normalized spacial score (nSPS) is 19.7. The Bertz CT molecular complexity index is 1080. The van der Waals surface area contributed by atoms with Gasteiger partial charge in [-0.15, -0.1) is 0 Å². The minimum atomic E-state index is -0.399. The molecule has 7 heteroatoms. The maximum atomic E-state index is 14.3. The molecule has 2 aromatic carbocycles. The molecule has 1 heterocycles. The van der Waals surface area contributed by atoms with Gasteiger partial charge in [0.2, 0.25) is 0 Å². The number of amides is 1. The molecule has 174 valence electrons. The number of hydrogen-bond donors (Lipinski definition) is 0. The average Bonchev–Trinajstić information content (AvgIpc) is 3.11. The second-order valence-corrected chi connectivity index (χ2v) is 9.51. The lowest BCUT2D eigenvalue weighted by Gasteiger charge is -2.30. The summed E-state index contributed by atoms with van der Waals surface area (Å²) >= 11 is 1.30. The van der Waals surface area contributed by atoms with Gasteiger partial charge in [0.1, 0.15) is 11.5 Å². The van der Waals surface area contributed by atoms with Crippen LogP contribution < -0.4 is 9.47 Å². The summed E-state index contributed by atoms with van der Waals surface area (Å²) in [6, 6.07) is 12.1. The van der Waals surface area contributed by atoms with E-state index in [9.17, 15) is 9.18 Å². The molecular weight excluding hydrogens is 439 g/mol. The quantitative estimate of drug-likeness (QED) is 0.451. The molecule has 0 aromatic heterocycles. The molecule has 1 saturated heterocycles. The van der Waals surface area contributed by atoms with Crippen molar-refractivity contribution < 1.29 is 18.7 Å². The summed E-state index contributed by atoms with van der Waals surface area (Å²) < 4.78 is 25.6. The first-order chi connectivity index (χ1) is 16.0. The van der Waals surface area contributed by atoms with Crippen LogP contribution in [-0.4, -0.2) is 35.2 Å². The van der Waals surface area contributed by atoms with Crippen LogP contribution >= 0.6 is 11.8 Å². The van der Waals surface area contributed by atoms with Crippen molar-refractivity contribution in [2.75, 3.05) is 7.11 Å². The standard InChI is InChI=1S/C26H29FN2O3S/c1-17(2)32-22-14-13-18(15-23(22)31-3)16-24-25(30)29(19-9-5-4-6-10-19)26(33-24)28-21-12-8-7-11-20(21)27/h7-8,11-17,19H,4-6,9-10H2,1-3H3/b24-16-,28-26?. The van der Waals surface area contributed by atoms with Crippen LogP contribution in [0.4, 0.5) is 10.1 Å². The summed E-state index contributed by atoms with van der Waals surface area (Å²) in [4.78, 5) is 20.4. The fraction of sp³-hybridized carbons (Fsp3) is 0.385. The molecule has 33 heavy (non-hydrogen) atoms. The Hall–Kier alpha value is -2.80. The number of methoxy groups -OCH3 is 1. The number of benzene rings is 2. The first kappa shape index (κ1) is 23.4. The smallest absolute Gasteiger partial charge is 0.267 e. The first-order valence-electron chi connectivity index (χ1n) is 11.4. The van der Waals surface area contributed by atoms with Crippen molar-refractivity contribution in [2.24, 2.45) is 4.99 Å². The monoisotopic (exact) mass is 468 g/mol. The Morgan fingerprint density at radius 1 is 1.12 bits per heavy atom. The van der Waals surface area contributed by atoms with E-state index in [1.165, 1.54) is 24.2 Å². The molecule has 2 fully saturated rings. The number of amidine groups is 1. The maximum Gasteiger partial charge on any atom is 0.267 e. The van der Waals surface area contributed by atoms with Gasteiger partial charge in [-0.3, -0.25) is 9.69 Å². The minimum Gasteiger partial charge on any atom is -0.493 e. The van der Waals surface area contributed by atoms with Gasteiger partial charge >= 0.3 is 0 Å². The summed E-state index contributed by atoms with van der Waals surface area (Å²) in [6.07, 6.45) is 7.08.